The van der Waals surface area contributed by atoms with Crippen molar-refractivity contribution < 1.29 is 8.94 Å². The molecule has 96 valence electrons. The van der Waals surface area contributed by atoms with E-state index in [0.717, 1.165) is 29.0 Å². The van der Waals surface area contributed by atoms with Gasteiger partial charge in [0.05, 0.1) is 17.5 Å². The Morgan fingerprint density at radius 3 is 2.68 bits per heavy atom. The molecule has 0 atom stereocenters. The van der Waals surface area contributed by atoms with E-state index in [1.165, 1.54) is 0 Å². The highest BCUT2D eigenvalue weighted by molar-refractivity contribution is 5.74. The van der Waals surface area contributed by atoms with Gasteiger partial charge in [-0.15, -0.1) is 0 Å². The zero-order chi connectivity index (χ0) is 13.1. The normalized spacial score (nSPS) is 10.7. The number of pyridine rings is 1. The third kappa shape index (κ3) is 2.35. The maximum absolute atomic E-state index is 5.85. The fourth-order valence-electron chi connectivity index (χ4n) is 2.03. The van der Waals surface area contributed by atoms with Gasteiger partial charge in [0.25, 0.3) is 0 Å². The maximum atomic E-state index is 5.85. The van der Waals surface area contributed by atoms with E-state index < -0.39 is 0 Å². The van der Waals surface area contributed by atoms with E-state index in [0.29, 0.717) is 12.3 Å². The van der Waals surface area contributed by atoms with Gasteiger partial charge in [0.1, 0.15) is 5.76 Å². The summed E-state index contributed by atoms with van der Waals surface area (Å²) >= 11 is 0. The highest BCUT2D eigenvalue weighted by Gasteiger charge is 2.15. The first-order valence-corrected chi connectivity index (χ1v) is 6.01. The number of rotatable bonds is 4. The van der Waals surface area contributed by atoms with Crippen molar-refractivity contribution in [3.63, 3.8) is 0 Å². The molecule has 0 radical (unpaired) electrons. The second-order valence-corrected chi connectivity index (χ2v) is 4.18. The van der Waals surface area contributed by atoms with Gasteiger partial charge in [0, 0.05) is 25.2 Å². The molecule has 0 aliphatic carbocycles. The van der Waals surface area contributed by atoms with Crippen LogP contribution in [0.2, 0.25) is 0 Å². The van der Waals surface area contributed by atoms with Crippen molar-refractivity contribution in [3.8, 4) is 11.1 Å². The smallest absolute Gasteiger partial charge is 0.230 e. The number of nitrogen functional groups attached to an aromatic ring is 1. The van der Waals surface area contributed by atoms with E-state index in [1.54, 1.807) is 18.7 Å². The molecule has 0 saturated heterocycles. The molecule has 3 aromatic heterocycles. The van der Waals surface area contributed by atoms with Crippen molar-refractivity contribution in [3.05, 3.63) is 54.4 Å². The molecule has 2 N–H and O–H groups in total. The summed E-state index contributed by atoms with van der Waals surface area (Å²) in [6.45, 7) is 0. The molecule has 0 aliphatic heterocycles. The van der Waals surface area contributed by atoms with Crippen LogP contribution in [-0.4, -0.2) is 10.1 Å². The third-order valence-electron chi connectivity index (χ3n) is 2.95. The minimum Gasteiger partial charge on any atom is -0.469 e. The first kappa shape index (κ1) is 11.5. The number of aryl methyl sites for hydroxylation is 2. The quantitative estimate of drug-likeness (QED) is 0.775. The zero-order valence-electron chi connectivity index (χ0n) is 10.2. The molecule has 5 heteroatoms. The van der Waals surface area contributed by atoms with Crippen LogP contribution in [0.15, 0.2) is 51.9 Å². The maximum Gasteiger partial charge on any atom is 0.230 e. The molecule has 5 nitrogen and oxygen atoms in total. The lowest BCUT2D eigenvalue weighted by Gasteiger charge is -2.01. The minimum absolute atomic E-state index is 0.334. The van der Waals surface area contributed by atoms with Crippen LogP contribution < -0.4 is 5.73 Å². The van der Waals surface area contributed by atoms with Crippen molar-refractivity contribution in [1.82, 2.24) is 10.1 Å². The molecule has 3 heterocycles. The SMILES string of the molecule is Nc1onc(CCc2ccco2)c1-c1ccncc1. The van der Waals surface area contributed by atoms with E-state index >= 15 is 0 Å². The largest absolute Gasteiger partial charge is 0.469 e. The van der Waals surface area contributed by atoms with Gasteiger partial charge in [-0.05, 0) is 29.8 Å². The Labute approximate surface area is 110 Å². The Morgan fingerprint density at radius 2 is 1.95 bits per heavy atom. The van der Waals surface area contributed by atoms with Crippen molar-refractivity contribution in [2.75, 3.05) is 5.73 Å². The van der Waals surface area contributed by atoms with Gasteiger partial charge in [-0.3, -0.25) is 4.98 Å². The van der Waals surface area contributed by atoms with E-state index in [4.69, 9.17) is 14.7 Å². The summed E-state index contributed by atoms with van der Waals surface area (Å²) in [5.74, 6) is 1.25. The van der Waals surface area contributed by atoms with E-state index in [1.807, 2.05) is 24.3 Å². The van der Waals surface area contributed by atoms with Gasteiger partial charge in [-0.2, -0.15) is 0 Å². The molecular weight excluding hydrogens is 242 g/mol. The van der Waals surface area contributed by atoms with Crippen LogP contribution in [0.3, 0.4) is 0 Å². The first-order valence-electron chi connectivity index (χ1n) is 6.01. The van der Waals surface area contributed by atoms with Crippen LogP contribution >= 0.6 is 0 Å². The lowest BCUT2D eigenvalue weighted by atomic mass is 10.0. The molecule has 0 bridgehead atoms. The van der Waals surface area contributed by atoms with Crippen LogP contribution in [0.25, 0.3) is 11.1 Å². The standard InChI is InChI=1S/C14H13N3O2/c15-14-13(10-5-7-16-8-6-10)12(17-19-14)4-3-11-2-1-9-18-11/h1-2,5-9H,3-4,15H2. The number of hydrogen-bond acceptors (Lipinski definition) is 5. The molecule has 3 rings (SSSR count). The summed E-state index contributed by atoms with van der Waals surface area (Å²) in [5, 5.41) is 4.03. The number of anilines is 1. The van der Waals surface area contributed by atoms with Crippen LogP contribution in [-0.2, 0) is 12.8 Å². The second kappa shape index (κ2) is 4.97. The molecule has 0 fully saturated rings. The fourth-order valence-corrected chi connectivity index (χ4v) is 2.03. The Bertz CT molecular complexity index is 645. The summed E-state index contributed by atoms with van der Waals surface area (Å²) < 4.78 is 10.4. The monoisotopic (exact) mass is 255 g/mol. The molecule has 0 unspecified atom stereocenters. The molecule has 19 heavy (non-hydrogen) atoms. The average molecular weight is 255 g/mol. The first-order chi connectivity index (χ1) is 9.34. The van der Waals surface area contributed by atoms with E-state index in [-0.39, 0.29) is 0 Å². The summed E-state index contributed by atoms with van der Waals surface area (Å²) in [7, 11) is 0. The summed E-state index contributed by atoms with van der Waals surface area (Å²) in [6.07, 6.45) is 6.58. The van der Waals surface area contributed by atoms with Crippen molar-refractivity contribution in [2.24, 2.45) is 0 Å². The summed E-state index contributed by atoms with van der Waals surface area (Å²) in [4.78, 5) is 3.99. The number of aromatic nitrogens is 2. The molecule has 0 spiro atoms. The van der Waals surface area contributed by atoms with Gasteiger partial charge in [-0.25, -0.2) is 0 Å². The van der Waals surface area contributed by atoms with Crippen molar-refractivity contribution in [2.45, 2.75) is 12.8 Å². The second-order valence-electron chi connectivity index (χ2n) is 4.18. The average Bonchev–Trinajstić information content (AvgIpc) is 3.07. The number of furan rings is 1. The molecule has 0 saturated carbocycles. The van der Waals surface area contributed by atoms with Crippen LogP contribution in [0.1, 0.15) is 11.5 Å². The van der Waals surface area contributed by atoms with Crippen LogP contribution in [0.5, 0.6) is 0 Å². The highest BCUT2D eigenvalue weighted by Crippen LogP contribution is 2.29. The zero-order valence-corrected chi connectivity index (χ0v) is 10.2. The predicted octanol–water partition coefficient (Wildman–Crippen LogP) is 2.70. The number of hydrogen-bond donors (Lipinski definition) is 1. The van der Waals surface area contributed by atoms with Crippen molar-refractivity contribution in [1.29, 1.82) is 0 Å². The molecule has 0 aliphatic rings. The Hall–Kier alpha value is -2.56. The van der Waals surface area contributed by atoms with Gasteiger partial charge < -0.3 is 14.7 Å². The lowest BCUT2D eigenvalue weighted by Crippen LogP contribution is -1.94. The van der Waals surface area contributed by atoms with Crippen LogP contribution in [0, 0.1) is 0 Å². The highest BCUT2D eigenvalue weighted by atomic mass is 16.5. The predicted molar refractivity (Wildman–Crippen MR) is 70.3 cm³/mol. The van der Waals surface area contributed by atoms with E-state index in [2.05, 4.69) is 10.1 Å². The Kier molecular flexibility index (Phi) is 3.02. The van der Waals surface area contributed by atoms with Crippen LogP contribution in [0.4, 0.5) is 5.88 Å². The fraction of sp³-hybridized carbons (Fsp3) is 0.143. The number of nitrogens with two attached hydrogens (primary N) is 1. The van der Waals surface area contributed by atoms with Crippen molar-refractivity contribution >= 4 is 5.88 Å². The van der Waals surface area contributed by atoms with Gasteiger partial charge in [0.2, 0.25) is 5.88 Å². The molecular formula is C14H13N3O2. The summed E-state index contributed by atoms with van der Waals surface area (Å²) in [6, 6.07) is 7.59. The molecule has 3 aromatic rings. The van der Waals surface area contributed by atoms with Gasteiger partial charge in [0.15, 0.2) is 0 Å². The third-order valence-corrected chi connectivity index (χ3v) is 2.95. The van der Waals surface area contributed by atoms with E-state index in [9.17, 15) is 0 Å². The lowest BCUT2D eigenvalue weighted by molar-refractivity contribution is 0.425. The Morgan fingerprint density at radius 1 is 1.11 bits per heavy atom. The number of nitrogens with zero attached hydrogens (tertiary/aromatic N) is 2. The Balaban J connectivity index is 1.87. The topological polar surface area (TPSA) is 78.1 Å². The molecule has 0 aromatic carbocycles. The van der Waals surface area contributed by atoms with Gasteiger partial charge >= 0.3 is 0 Å². The summed E-state index contributed by atoms with van der Waals surface area (Å²) in [5.41, 5.74) is 8.49. The minimum atomic E-state index is 0.334. The molecule has 0 amide bonds. The van der Waals surface area contributed by atoms with Gasteiger partial charge in [-0.1, -0.05) is 5.16 Å².